The zero-order chi connectivity index (χ0) is 5.84. The van der Waals surface area contributed by atoms with Crippen LogP contribution in [0.5, 0.6) is 0 Å². The second-order valence-electron chi connectivity index (χ2n) is 3.44. The monoisotopic (exact) mass is 118 g/mol. The fourth-order valence-electron chi connectivity index (χ4n) is 2.50. The Morgan fingerprint density at radius 3 is 2.67 bits per heavy atom. The molecule has 0 heterocycles. The fourth-order valence-corrected chi connectivity index (χ4v) is 2.50. The highest BCUT2D eigenvalue weighted by atomic mass is 14.6. The van der Waals surface area contributed by atoms with Crippen LogP contribution in [0.2, 0.25) is 0 Å². The van der Waals surface area contributed by atoms with E-state index in [1.807, 2.05) is 0 Å². The maximum Gasteiger partial charge on any atom is -0.0127 e. The Kier molecular flexibility index (Phi) is 0.555. The van der Waals surface area contributed by atoms with Crippen molar-refractivity contribution >= 4 is 0 Å². The largest absolute Gasteiger partial charge is 0.0876 e. The minimum absolute atomic E-state index is 0.935. The molecule has 0 aliphatic heterocycles. The van der Waals surface area contributed by atoms with Crippen molar-refractivity contribution in [1.82, 2.24) is 0 Å². The Morgan fingerprint density at radius 2 is 1.89 bits per heavy atom. The lowest BCUT2D eigenvalue weighted by atomic mass is 9.95. The standard InChI is InChI=1S/C9H10/c1-2-6-4-5-8-7(3-1)9(6)8/h1,3-9H,2H2/t6-,7+,8-,9-/m0/s1. The van der Waals surface area contributed by atoms with Crippen LogP contribution < -0.4 is 0 Å². The molecule has 0 heteroatoms. The highest BCUT2D eigenvalue weighted by molar-refractivity contribution is 5.28. The molecule has 0 aromatic carbocycles. The summed E-state index contributed by atoms with van der Waals surface area (Å²) >= 11 is 0. The van der Waals surface area contributed by atoms with Crippen molar-refractivity contribution in [3.8, 4) is 0 Å². The second kappa shape index (κ2) is 1.16. The van der Waals surface area contributed by atoms with E-state index in [1.54, 1.807) is 0 Å². The van der Waals surface area contributed by atoms with E-state index in [0.29, 0.717) is 0 Å². The minimum atomic E-state index is 0.935. The van der Waals surface area contributed by atoms with Crippen LogP contribution in [0.15, 0.2) is 24.3 Å². The predicted molar refractivity (Wildman–Crippen MR) is 36.9 cm³/mol. The van der Waals surface area contributed by atoms with Crippen LogP contribution in [0, 0.1) is 23.7 Å². The first-order valence-corrected chi connectivity index (χ1v) is 3.82. The quantitative estimate of drug-likeness (QED) is 0.427. The summed E-state index contributed by atoms with van der Waals surface area (Å²) in [6, 6.07) is 0. The highest BCUT2D eigenvalue weighted by Crippen LogP contribution is 2.60. The maximum absolute atomic E-state index is 2.42. The lowest BCUT2D eigenvalue weighted by molar-refractivity contribution is 0.546. The number of fused-ring (bicyclic) bond motifs is 1. The molecule has 1 fully saturated rings. The molecule has 0 radical (unpaired) electrons. The fraction of sp³-hybridized carbons (Fsp3) is 0.556. The van der Waals surface area contributed by atoms with Crippen LogP contribution in [0.3, 0.4) is 0 Å². The molecule has 0 amide bonds. The molecule has 4 atom stereocenters. The van der Waals surface area contributed by atoms with Crippen LogP contribution in [-0.2, 0) is 0 Å². The van der Waals surface area contributed by atoms with E-state index >= 15 is 0 Å². The molecule has 0 spiro atoms. The van der Waals surface area contributed by atoms with Crippen molar-refractivity contribution in [3.05, 3.63) is 24.3 Å². The van der Waals surface area contributed by atoms with E-state index in [1.165, 1.54) is 6.42 Å². The van der Waals surface area contributed by atoms with Gasteiger partial charge in [-0.2, -0.15) is 0 Å². The molecule has 0 nitrogen and oxygen atoms in total. The van der Waals surface area contributed by atoms with Gasteiger partial charge in [-0.25, -0.2) is 0 Å². The van der Waals surface area contributed by atoms with Gasteiger partial charge in [-0.3, -0.25) is 0 Å². The minimum Gasteiger partial charge on any atom is -0.0876 e. The summed E-state index contributed by atoms with van der Waals surface area (Å²) in [5.41, 5.74) is 0. The number of hydrogen-bond donors (Lipinski definition) is 0. The average Bonchev–Trinajstić information content (AvgIpc) is 2.35. The van der Waals surface area contributed by atoms with E-state index in [9.17, 15) is 0 Å². The lowest BCUT2D eigenvalue weighted by Crippen LogP contribution is -2.00. The molecule has 1 saturated carbocycles. The zero-order valence-corrected chi connectivity index (χ0v) is 5.33. The maximum atomic E-state index is 2.42. The Hall–Kier alpha value is -0.520. The highest BCUT2D eigenvalue weighted by Gasteiger charge is 2.54. The van der Waals surface area contributed by atoms with Gasteiger partial charge in [0, 0.05) is 0 Å². The summed E-state index contributed by atoms with van der Waals surface area (Å²) in [6.07, 6.45) is 10.9. The van der Waals surface area contributed by atoms with E-state index in [0.717, 1.165) is 23.7 Å². The third-order valence-electron chi connectivity index (χ3n) is 3.03. The number of hydrogen-bond acceptors (Lipinski definition) is 0. The Labute approximate surface area is 55.3 Å². The molecule has 0 bridgehead atoms. The Morgan fingerprint density at radius 1 is 1.00 bits per heavy atom. The van der Waals surface area contributed by atoms with Gasteiger partial charge >= 0.3 is 0 Å². The Balaban J connectivity index is 2.08. The molecular weight excluding hydrogens is 108 g/mol. The van der Waals surface area contributed by atoms with Gasteiger partial charge in [-0.15, -0.1) is 0 Å². The van der Waals surface area contributed by atoms with E-state index < -0.39 is 0 Å². The van der Waals surface area contributed by atoms with Crippen LogP contribution in [-0.4, -0.2) is 0 Å². The molecule has 3 rings (SSSR count). The first-order valence-electron chi connectivity index (χ1n) is 3.82. The summed E-state index contributed by atoms with van der Waals surface area (Å²) < 4.78 is 0. The first kappa shape index (κ1) is 4.32. The number of allylic oxidation sites excluding steroid dienone is 4. The zero-order valence-electron chi connectivity index (χ0n) is 5.33. The number of rotatable bonds is 0. The van der Waals surface area contributed by atoms with Crippen molar-refractivity contribution in [2.45, 2.75) is 6.42 Å². The van der Waals surface area contributed by atoms with Crippen molar-refractivity contribution in [1.29, 1.82) is 0 Å². The van der Waals surface area contributed by atoms with Crippen molar-refractivity contribution < 1.29 is 0 Å². The molecule has 0 aromatic heterocycles. The summed E-state index contributed by atoms with van der Waals surface area (Å²) in [5, 5.41) is 0. The van der Waals surface area contributed by atoms with E-state index in [4.69, 9.17) is 0 Å². The topological polar surface area (TPSA) is 0 Å². The van der Waals surface area contributed by atoms with Gasteiger partial charge in [-0.1, -0.05) is 24.3 Å². The normalized spacial score (nSPS) is 57.8. The summed E-state index contributed by atoms with van der Waals surface area (Å²) in [4.78, 5) is 0. The van der Waals surface area contributed by atoms with Gasteiger partial charge in [0.25, 0.3) is 0 Å². The SMILES string of the molecule is C1=C[C@@H]2[C@@H]3C=C[C@H](C1)[C@@H]23. The molecule has 0 saturated heterocycles. The van der Waals surface area contributed by atoms with Crippen molar-refractivity contribution in [3.63, 3.8) is 0 Å². The van der Waals surface area contributed by atoms with Crippen LogP contribution in [0.4, 0.5) is 0 Å². The van der Waals surface area contributed by atoms with Crippen LogP contribution in [0.1, 0.15) is 6.42 Å². The van der Waals surface area contributed by atoms with Crippen LogP contribution in [0.25, 0.3) is 0 Å². The molecule has 0 N–H and O–H groups in total. The first-order chi connectivity index (χ1) is 4.47. The van der Waals surface area contributed by atoms with Gasteiger partial charge < -0.3 is 0 Å². The third-order valence-corrected chi connectivity index (χ3v) is 3.03. The average molecular weight is 118 g/mol. The molecule has 46 valence electrons. The molecule has 0 aromatic rings. The lowest BCUT2D eigenvalue weighted by Gasteiger charge is -2.10. The van der Waals surface area contributed by atoms with Crippen molar-refractivity contribution in [2.75, 3.05) is 0 Å². The van der Waals surface area contributed by atoms with Crippen LogP contribution >= 0.6 is 0 Å². The summed E-state index contributed by atoms with van der Waals surface area (Å²) in [7, 11) is 0. The van der Waals surface area contributed by atoms with Gasteiger partial charge in [0.15, 0.2) is 0 Å². The van der Waals surface area contributed by atoms with Gasteiger partial charge in [-0.05, 0) is 30.1 Å². The van der Waals surface area contributed by atoms with E-state index in [-0.39, 0.29) is 0 Å². The molecular formula is C9H10. The Bertz CT molecular complexity index is 200. The van der Waals surface area contributed by atoms with Crippen molar-refractivity contribution in [2.24, 2.45) is 23.7 Å². The molecule has 9 heavy (non-hydrogen) atoms. The third kappa shape index (κ3) is 0.375. The van der Waals surface area contributed by atoms with Gasteiger partial charge in [0.2, 0.25) is 0 Å². The van der Waals surface area contributed by atoms with E-state index in [2.05, 4.69) is 24.3 Å². The second-order valence-corrected chi connectivity index (χ2v) is 3.44. The molecule has 0 unspecified atom stereocenters. The summed E-state index contributed by atoms with van der Waals surface area (Å²) in [6.45, 7) is 0. The predicted octanol–water partition coefficient (Wildman–Crippen LogP) is 1.99. The van der Waals surface area contributed by atoms with Gasteiger partial charge in [0.1, 0.15) is 0 Å². The smallest absolute Gasteiger partial charge is 0.0127 e. The molecule has 3 aliphatic rings. The summed E-state index contributed by atoms with van der Waals surface area (Å²) in [5.74, 6) is 3.92. The molecule has 3 aliphatic carbocycles. The van der Waals surface area contributed by atoms with Gasteiger partial charge in [0.05, 0.1) is 0 Å².